The number of allylic oxidation sites excluding steroid dienone is 1. The van der Waals surface area contributed by atoms with E-state index in [1.165, 1.54) is 37.4 Å². The second-order valence-electron chi connectivity index (χ2n) is 5.74. The third-order valence-electron chi connectivity index (χ3n) is 3.66. The first-order valence-corrected chi connectivity index (χ1v) is 9.26. The Labute approximate surface area is 173 Å². The Morgan fingerprint density at radius 3 is 2.87 bits per heavy atom. The molecule has 0 saturated heterocycles. The zero-order valence-electron chi connectivity index (χ0n) is 16.2. The molecule has 0 aromatic carbocycles. The van der Waals surface area contributed by atoms with Gasteiger partial charge in [-0.3, -0.25) is 10.1 Å². The maximum absolute atomic E-state index is 12.6. The molecule has 0 aliphatic heterocycles. The van der Waals surface area contributed by atoms with Crippen molar-refractivity contribution < 1.29 is 23.8 Å². The van der Waals surface area contributed by atoms with Gasteiger partial charge in [-0.15, -0.1) is 10.2 Å². The molecule has 0 atom stereocenters. The van der Waals surface area contributed by atoms with Crippen molar-refractivity contribution in [2.24, 2.45) is 0 Å². The van der Waals surface area contributed by atoms with Crippen molar-refractivity contribution in [2.45, 2.75) is 13.5 Å². The summed E-state index contributed by atoms with van der Waals surface area (Å²) in [5.41, 5.74) is 0.479. The van der Waals surface area contributed by atoms with E-state index < -0.39 is 11.5 Å². The minimum absolute atomic E-state index is 0.0937. The number of aliphatic hydroxyl groups excluding tert-OH is 1. The molecule has 30 heavy (non-hydrogen) atoms. The molecule has 12 nitrogen and oxygen atoms in total. The summed E-state index contributed by atoms with van der Waals surface area (Å²) in [4.78, 5) is 24.8. The van der Waals surface area contributed by atoms with E-state index in [9.17, 15) is 14.7 Å². The highest BCUT2D eigenvalue weighted by Crippen LogP contribution is 2.24. The van der Waals surface area contributed by atoms with Gasteiger partial charge >= 0.3 is 5.63 Å². The Morgan fingerprint density at radius 2 is 2.17 bits per heavy atom. The summed E-state index contributed by atoms with van der Waals surface area (Å²) in [5.74, 6) is -1.07. The number of nitrogens with one attached hydrogen (secondary N) is 2. The monoisotopic (exact) mass is 434 g/mol. The van der Waals surface area contributed by atoms with E-state index in [2.05, 4.69) is 25.9 Å². The second-order valence-corrected chi connectivity index (χ2v) is 6.70. The molecule has 1 amide bonds. The number of anilines is 2. The lowest BCUT2D eigenvalue weighted by molar-refractivity contribution is 0.0991. The molecule has 0 aliphatic carbocycles. The minimum Gasteiger partial charge on any atom is -0.503 e. The topological polar surface area (TPSA) is 154 Å². The van der Waals surface area contributed by atoms with Gasteiger partial charge in [0.2, 0.25) is 16.0 Å². The smallest absolute Gasteiger partial charge is 0.381 e. The number of aromatic nitrogens is 4. The molecule has 0 bridgehead atoms. The number of hydrogen-bond acceptors (Lipinski definition) is 11. The molecular weight excluding hydrogens is 416 g/mol. The summed E-state index contributed by atoms with van der Waals surface area (Å²) >= 11 is 1.03. The Bertz CT molecular complexity index is 1130. The average Bonchev–Trinajstić information content (AvgIpc) is 3.36. The van der Waals surface area contributed by atoms with Gasteiger partial charge < -0.3 is 24.3 Å². The highest BCUT2D eigenvalue weighted by Gasteiger charge is 2.19. The Morgan fingerprint density at radius 1 is 1.37 bits per heavy atom. The fourth-order valence-corrected chi connectivity index (χ4v) is 3.16. The van der Waals surface area contributed by atoms with Crippen LogP contribution in [0.2, 0.25) is 0 Å². The van der Waals surface area contributed by atoms with Gasteiger partial charge in [0, 0.05) is 18.0 Å². The van der Waals surface area contributed by atoms with Gasteiger partial charge in [-0.1, -0.05) is 11.3 Å². The van der Waals surface area contributed by atoms with E-state index in [-0.39, 0.29) is 28.9 Å². The van der Waals surface area contributed by atoms with E-state index in [4.69, 9.17) is 13.9 Å². The number of amides is 1. The van der Waals surface area contributed by atoms with Gasteiger partial charge in [-0.25, -0.2) is 9.48 Å². The molecule has 0 spiro atoms. The van der Waals surface area contributed by atoms with Crippen LogP contribution in [0.4, 0.5) is 10.8 Å². The van der Waals surface area contributed by atoms with Crippen LogP contribution in [0.25, 0.3) is 5.13 Å². The normalized spacial score (nSPS) is 11.3. The lowest BCUT2D eigenvalue weighted by atomic mass is 10.3. The van der Waals surface area contributed by atoms with Crippen LogP contribution in [-0.2, 0) is 11.3 Å². The summed E-state index contributed by atoms with van der Waals surface area (Å²) in [5, 5.41) is 27.1. The predicted molar refractivity (Wildman–Crippen MR) is 107 cm³/mol. The molecular formula is C17H18N6O6S. The molecule has 3 heterocycles. The van der Waals surface area contributed by atoms with Crippen molar-refractivity contribution in [1.82, 2.24) is 20.0 Å². The first kappa shape index (κ1) is 21.0. The molecule has 0 unspecified atom stereocenters. The highest BCUT2D eigenvalue weighted by molar-refractivity contribution is 7.17. The van der Waals surface area contributed by atoms with Crippen molar-refractivity contribution in [2.75, 3.05) is 24.9 Å². The zero-order valence-corrected chi connectivity index (χ0v) is 17.0. The quantitative estimate of drug-likeness (QED) is 0.443. The minimum atomic E-state index is -0.833. The van der Waals surface area contributed by atoms with Crippen LogP contribution in [0.5, 0.6) is 5.75 Å². The molecule has 3 aromatic rings. The van der Waals surface area contributed by atoms with Crippen LogP contribution >= 0.6 is 11.3 Å². The van der Waals surface area contributed by atoms with E-state index in [0.29, 0.717) is 16.5 Å². The van der Waals surface area contributed by atoms with E-state index >= 15 is 0 Å². The van der Waals surface area contributed by atoms with Crippen molar-refractivity contribution in [3.8, 4) is 10.9 Å². The molecule has 0 aliphatic rings. The summed E-state index contributed by atoms with van der Waals surface area (Å²) in [6.45, 7) is 1.47. The summed E-state index contributed by atoms with van der Waals surface area (Å²) in [6, 6.07) is 2.95. The van der Waals surface area contributed by atoms with E-state index in [1.54, 1.807) is 13.0 Å². The molecule has 13 heteroatoms. The maximum Gasteiger partial charge on any atom is 0.381 e. The van der Waals surface area contributed by atoms with Gasteiger partial charge in [0.25, 0.3) is 5.91 Å². The number of hydrogen-bond donors (Lipinski definition) is 3. The molecule has 0 fully saturated rings. The van der Waals surface area contributed by atoms with Crippen molar-refractivity contribution in [1.29, 1.82) is 0 Å². The Balaban J connectivity index is 1.84. The SMILES string of the molecule is CO/C=C(\C)Nc1cc(C(=O)Nc2nnc(-n3nccc3CO)s2)oc(=O)c1OC. The number of ether oxygens (including phenoxy) is 2. The first-order valence-electron chi connectivity index (χ1n) is 8.44. The summed E-state index contributed by atoms with van der Waals surface area (Å²) in [6.07, 6.45) is 2.93. The molecule has 0 radical (unpaired) electrons. The summed E-state index contributed by atoms with van der Waals surface area (Å²) in [7, 11) is 2.79. The predicted octanol–water partition coefficient (Wildman–Crippen LogP) is 1.35. The van der Waals surface area contributed by atoms with Crippen LogP contribution in [0, 0.1) is 0 Å². The fraction of sp³-hybridized carbons (Fsp3) is 0.235. The number of aliphatic hydroxyl groups is 1. The number of rotatable bonds is 8. The van der Waals surface area contributed by atoms with Gasteiger partial charge in [0.15, 0.2) is 5.76 Å². The maximum atomic E-state index is 12.6. The van der Waals surface area contributed by atoms with Gasteiger partial charge in [0.1, 0.15) is 6.26 Å². The van der Waals surface area contributed by atoms with E-state index in [0.717, 1.165) is 11.3 Å². The standard InChI is InChI=1S/C17H18N6O6S/c1-9(8-27-2)19-11-6-12(29-15(26)13(11)28-3)14(25)20-16-21-22-17(30-16)23-10(7-24)4-5-18-23/h4-6,8,19,24H,7H2,1-3H3,(H,20,21,25)/b9-8+. The van der Waals surface area contributed by atoms with Crippen LogP contribution < -0.4 is 21.0 Å². The van der Waals surface area contributed by atoms with Crippen molar-refractivity contribution in [3.05, 3.63) is 52.2 Å². The lowest BCUT2D eigenvalue weighted by Crippen LogP contribution is -2.17. The largest absolute Gasteiger partial charge is 0.503 e. The van der Waals surface area contributed by atoms with Gasteiger partial charge in [-0.2, -0.15) is 5.10 Å². The lowest BCUT2D eigenvalue weighted by Gasteiger charge is -2.11. The second kappa shape index (κ2) is 9.19. The van der Waals surface area contributed by atoms with Crippen LogP contribution in [0.1, 0.15) is 23.2 Å². The number of nitrogens with zero attached hydrogens (tertiary/aromatic N) is 4. The third kappa shape index (κ3) is 4.47. The molecule has 3 N–H and O–H groups in total. The summed E-state index contributed by atoms with van der Waals surface area (Å²) < 4.78 is 16.4. The molecule has 3 aromatic heterocycles. The number of carbonyl (C=O) groups excluding carboxylic acids is 1. The number of methoxy groups -OCH3 is 2. The third-order valence-corrected chi connectivity index (χ3v) is 4.48. The van der Waals surface area contributed by atoms with Crippen LogP contribution in [0.15, 0.2) is 39.5 Å². The highest BCUT2D eigenvalue weighted by atomic mass is 32.1. The van der Waals surface area contributed by atoms with Gasteiger partial charge in [0.05, 0.1) is 32.2 Å². The van der Waals surface area contributed by atoms with Crippen molar-refractivity contribution >= 4 is 28.1 Å². The Kier molecular flexibility index (Phi) is 6.44. The molecule has 0 saturated carbocycles. The van der Waals surface area contributed by atoms with E-state index in [1.807, 2.05) is 0 Å². The molecule has 3 rings (SSSR count). The zero-order chi connectivity index (χ0) is 21.7. The van der Waals surface area contributed by atoms with Crippen LogP contribution in [-0.4, -0.2) is 45.2 Å². The number of carbonyl (C=O) groups is 1. The van der Waals surface area contributed by atoms with Crippen molar-refractivity contribution in [3.63, 3.8) is 0 Å². The average molecular weight is 434 g/mol. The first-order chi connectivity index (χ1) is 14.5. The van der Waals surface area contributed by atoms with Gasteiger partial charge in [-0.05, 0) is 13.0 Å². The van der Waals surface area contributed by atoms with Crippen LogP contribution in [0.3, 0.4) is 0 Å². The Hall–Kier alpha value is -3.71. The fourth-order valence-electron chi connectivity index (χ4n) is 2.43. The molecule has 158 valence electrons.